The van der Waals surface area contributed by atoms with Crippen LogP contribution in [-0.2, 0) is 6.54 Å². The zero-order valence-electron chi connectivity index (χ0n) is 11.6. The quantitative estimate of drug-likeness (QED) is 0.628. The highest BCUT2D eigenvalue weighted by atomic mass is 16.3. The van der Waals surface area contributed by atoms with Crippen LogP contribution in [-0.4, -0.2) is 46.7 Å². The molecule has 5 nitrogen and oxygen atoms in total. The molecular formula is C14H22N4O. The number of nitrogens with one attached hydrogen (secondary N) is 1. The molecule has 1 aliphatic rings. The molecule has 1 aromatic heterocycles. The molecule has 2 N–H and O–H groups in total. The number of hydrogen-bond acceptors (Lipinski definition) is 3. The van der Waals surface area contributed by atoms with Crippen LogP contribution in [0.15, 0.2) is 23.3 Å². The minimum absolute atomic E-state index is 0.236. The van der Waals surface area contributed by atoms with E-state index in [-0.39, 0.29) is 6.10 Å². The molecule has 0 saturated carbocycles. The van der Waals surface area contributed by atoms with Crippen LogP contribution in [0, 0.1) is 6.92 Å². The standard InChI is InChI=1S/C14H22N4O/c1-3-15-14(18-8-6-12(19)10-18)17-9-13-11(2)5-4-7-16-13/h4-5,7,12,19H,3,6,8-10H2,1-2H3,(H,15,17)/t12-/m1/s1. The number of aliphatic hydroxyl groups is 1. The number of β-amino-alcohol motifs (C(OH)–C–C–N with tert-alkyl or cyclic N) is 1. The summed E-state index contributed by atoms with van der Waals surface area (Å²) < 4.78 is 0. The molecule has 0 unspecified atom stereocenters. The van der Waals surface area contributed by atoms with E-state index in [0.717, 1.165) is 36.7 Å². The summed E-state index contributed by atoms with van der Waals surface area (Å²) in [6, 6.07) is 3.98. The molecule has 2 heterocycles. The Morgan fingerprint density at radius 3 is 3.11 bits per heavy atom. The number of rotatable bonds is 3. The summed E-state index contributed by atoms with van der Waals surface area (Å²) in [5.41, 5.74) is 2.15. The van der Waals surface area contributed by atoms with E-state index in [1.54, 1.807) is 6.20 Å². The first-order valence-corrected chi connectivity index (χ1v) is 6.82. The Balaban J connectivity index is 2.06. The Bertz CT molecular complexity index is 447. The zero-order chi connectivity index (χ0) is 13.7. The van der Waals surface area contributed by atoms with E-state index < -0.39 is 0 Å². The molecule has 0 aliphatic carbocycles. The maximum atomic E-state index is 9.61. The summed E-state index contributed by atoms with van der Waals surface area (Å²) in [7, 11) is 0. The van der Waals surface area contributed by atoms with Crippen molar-refractivity contribution in [3.8, 4) is 0 Å². The van der Waals surface area contributed by atoms with Gasteiger partial charge >= 0.3 is 0 Å². The summed E-state index contributed by atoms with van der Waals surface area (Å²) in [6.45, 7) is 7.01. The van der Waals surface area contributed by atoms with Gasteiger partial charge in [0.25, 0.3) is 0 Å². The van der Waals surface area contributed by atoms with E-state index in [1.165, 1.54) is 0 Å². The fraction of sp³-hybridized carbons (Fsp3) is 0.571. The number of aryl methyl sites for hydroxylation is 1. The molecule has 0 amide bonds. The van der Waals surface area contributed by atoms with Gasteiger partial charge in [-0.1, -0.05) is 6.07 Å². The lowest BCUT2D eigenvalue weighted by Gasteiger charge is -2.20. The zero-order valence-corrected chi connectivity index (χ0v) is 11.6. The first kappa shape index (κ1) is 13.8. The molecule has 104 valence electrons. The highest BCUT2D eigenvalue weighted by Crippen LogP contribution is 2.10. The molecule has 1 saturated heterocycles. The van der Waals surface area contributed by atoms with Crippen LogP contribution in [0.25, 0.3) is 0 Å². The van der Waals surface area contributed by atoms with E-state index in [1.807, 2.05) is 26.0 Å². The third-order valence-electron chi connectivity index (χ3n) is 3.29. The molecule has 1 fully saturated rings. The summed E-state index contributed by atoms with van der Waals surface area (Å²) >= 11 is 0. The number of guanidine groups is 1. The lowest BCUT2D eigenvalue weighted by atomic mass is 10.2. The van der Waals surface area contributed by atoms with Gasteiger partial charge in [0.1, 0.15) is 0 Å². The number of hydrogen-bond donors (Lipinski definition) is 2. The summed E-state index contributed by atoms with van der Waals surface area (Å²) in [5.74, 6) is 0.865. The second kappa shape index (κ2) is 6.52. The first-order valence-electron chi connectivity index (χ1n) is 6.82. The minimum Gasteiger partial charge on any atom is -0.391 e. The molecule has 1 aliphatic heterocycles. The number of nitrogens with zero attached hydrogens (tertiary/aromatic N) is 3. The van der Waals surface area contributed by atoms with Crippen molar-refractivity contribution >= 4 is 5.96 Å². The van der Waals surface area contributed by atoms with Gasteiger partial charge < -0.3 is 15.3 Å². The highest BCUT2D eigenvalue weighted by Gasteiger charge is 2.22. The van der Waals surface area contributed by atoms with Gasteiger partial charge in [0, 0.05) is 25.8 Å². The SMILES string of the molecule is CCNC(=NCc1ncccc1C)N1CC[C@@H](O)C1. The van der Waals surface area contributed by atoms with Crippen molar-refractivity contribution in [3.63, 3.8) is 0 Å². The second-order valence-electron chi connectivity index (χ2n) is 4.83. The largest absolute Gasteiger partial charge is 0.391 e. The van der Waals surface area contributed by atoms with Gasteiger partial charge in [-0.15, -0.1) is 0 Å². The molecule has 0 spiro atoms. The number of aliphatic imine (C=N–C) groups is 1. The maximum absolute atomic E-state index is 9.61. The predicted molar refractivity (Wildman–Crippen MR) is 76.0 cm³/mol. The van der Waals surface area contributed by atoms with Gasteiger partial charge in [-0.3, -0.25) is 4.98 Å². The molecule has 2 rings (SSSR count). The van der Waals surface area contributed by atoms with Crippen molar-refractivity contribution in [1.29, 1.82) is 0 Å². The molecule has 19 heavy (non-hydrogen) atoms. The molecule has 5 heteroatoms. The van der Waals surface area contributed by atoms with Crippen molar-refractivity contribution in [2.45, 2.75) is 32.9 Å². The molecule has 0 radical (unpaired) electrons. The van der Waals surface area contributed by atoms with E-state index in [9.17, 15) is 5.11 Å². The fourth-order valence-corrected chi connectivity index (χ4v) is 2.19. The van der Waals surface area contributed by atoms with E-state index >= 15 is 0 Å². The van der Waals surface area contributed by atoms with Crippen molar-refractivity contribution in [2.24, 2.45) is 4.99 Å². The average Bonchev–Trinajstić information content (AvgIpc) is 2.83. The predicted octanol–water partition coefficient (Wildman–Crippen LogP) is 0.922. The van der Waals surface area contributed by atoms with Gasteiger partial charge in [-0.2, -0.15) is 0 Å². The van der Waals surface area contributed by atoms with Crippen LogP contribution < -0.4 is 5.32 Å². The van der Waals surface area contributed by atoms with Crippen LogP contribution in [0.4, 0.5) is 0 Å². The van der Waals surface area contributed by atoms with E-state index in [2.05, 4.69) is 20.2 Å². The lowest BCUT2D eigenvalue weighted by Crippen LogP contribution is -2.40. The van der Waals surface area contributed by atoms with E-state index in [4.69, 9.17) is 0 Å². The Morgan fingerprint density at radius 1 is 1.63 bits per heavy atom. The lowest BCUT2D eigenvalue weighted by molar-refractivity contribution is 0.188. The van der Waals surface area contributed by atoms with Crippen molar-refractivity contribution < 1.29 is 5.11 Å². The Kier molecular flexibility index (Phi) is 4.74. The Morgan fingerprint density at radius 2 is 2.47 bits per heavy atom. The van der Waals surface area contributed by atoms with Crippen LogP contribution in [0.3, 0.4) is 0 Å². The van der Waals surface area contributed by atoms with Crippen molar-refractivity contribution in [3.05, 3.63) is 29.6 Å². The normalized spacial score (nSPS) is 19.8. The molecule has 0 bridgehead atoms. The molecule has 0 aromatic carbocycles. The number of pyridine rings is 1. The number of aliphatic hydroxyl groups excluding tert-OH is 1. The van der Waals surface area contributed by atoms with Crippen LogP contribution in [0.1, 0.15) is 24.6 Å². The summed E-state index contributed by atoms with van der Waals surface area (Å²) in [5, 5.41) is 12.9. The number of aromatic nitrogens is 1. The van der Waals surface area contributed by atoms with Gasteiger partial charge in [0.2, 0.25) is 0 Å². The average molecular weight is 262 g/mol. The third-order valence-corrected chi connectivity index (χ3v) is 3.29. The van der Waals surface area contributed by atoms with Gasteiger partial charge in [-0.05, 0) is 31.9 Å². The Hall–Kier alpha value is -1.62. The maximum Gasteiger partial charge on any atom is 0.194 e. The van der Waals surface area contributed by atoms with Gasteiger partial charge in [0.15, 0.2) is 5.96 Å². The van der Waals surface area contributed by atoms with Crippen LogP contribution in [0.5, 0.6) is 0 Å². The van der Waals surface area contributed by atoms with Crippen molar-refractivity contribution in [1.82, 2.24) is 15.2 Å². The third kappa shape index (κ3) is 3.67. The van der Waals surface area contributed by atoms with E-state index in [0.29, 0.717) is 13.1 Å². The van der Waals surface area contributed by atoms with Crippen LogP contribution >= 0.6 is 0 Å². The first-order chi connectivity index (χ1) is 9.20. The van der Waals surface area contributed by atoms with Gasteiger partial charge in [0.05, 0.1) is 18.3 Å². The summed E-state index contributed by atoms with van der Waals surface area (Å²) in [6.07, 6.45) is 2.37. The number of likely N-dealkylation sites (tertiary alicyclic amines) is 1. The molecule has 1 atom stereocenters. The molecular weight excluding hydrogens is 240 g/mol. The molecule has 1 aromatic rings. The monoisotopic (exact) mass is 262 g/mol. The smallest absolute Gasteiger partial charge is 0.194 e. The minimum atomic E-state index is -0.236. The van der Waals surface area contributed by atoms with Crippen molar-refractivity contribution in [2.75, 3.05) is 19.6 Å². The fourth-order valence-electron chi connectivity index (χ4n) is 2.19. The van der Waals surface area contributed by atoms with Crippen LogP contribution in [0.2, 0.25) is 0 Å². The topological polar surface area (TPSA) is 60.8 Å². The van der Waals surface area contributed by atoms with Gasteiger partial charge in [-0.25, -0.2) is 4.99 Å². The second-order valence-corrected chi connectivity index (χ2v) is 4.83. The summed E-state index contributed by atoms with van der Waals surface area (Å²) in [4.78, 5) is 11.1. The Labute approximate surface area is 114 Å². The highest BCUT2D eigenvalue weighted by molar-refractivity contribution is 5.80.